The quantitative estimate of drug-likeness (QED) is 0.516. The molecule has 31 heavy (non-hydrogen) atoms. The second-order valence-corrected chi connectivity index (χ2v) is 6.94. The first-order valence-corrected chi connectivity index (χ1v) is 8.55. The Hall–Kier alpha value is -1.60. The lowest BCUT2D eigenvalue weighted by molar-refractivity contribution is -0.360. The van der Waals surface area contributed by atoms with Crippen LogP contribution in [0.2, 0.25) is 0 Å². The lowest BCUT2D eigenvalue weighted by atomic mass is 9.94. The number of halogens is 10. The molecule has 0 saturated heterocycles. The molecule has 0 aliphatic rings. The molecular weight excluding hydrogens is 454 g/mol. The van der Waals surface area contributed by atoms with Crippen LogP contribution < -0.4 is 0 Å². The largest absolute Gasteiger partial charge is 0.425 e. The van der Waals surface area contributed by atoms with Gasteiger partial charge in [-0.2, -0.15) is 39.5 Å². The fourth-order valence-electron chi connectivity index (χ4n) is 1.33. The zero-order valence-electron chi connectivity index (χ0n) is 16.9. The maximum Gasteiger partial charge on any atom is 0.425 e. The van der Waals surface area contributed by atoms with Crippen LogP contribution in [0, 0.1) is 5.82 Å². The van der Waals surface area contributed by atoms with E-state index in [0.29, 0.717) is 19.8 Å². The van der Waals surface area contributed by atoms with Crippen LogP contribution in [-0.4, -0.2) is 51.2 Å². The number of aliphatic hydroxyl groups excluding tert-OH is 1. The second kappa shape index (κ2) is 11.3. The van der Waals surface area contributed by atoms with Crippen molar-refractivity contribution in [3.63, 3.8) is 0 Å². The fourth-order valence-corrected chi connectivity index (χ4v) is 1.33. The van der Waals surface area contributed by atoms with Crippen LogP contribution in [0.25, 0.3) is 0 Å². The standard InChI is InChI=1S/C11H15FO.C4H4F6O.C3H5F3O/c1-3-11(2,13)8-9-4-6-10(12)7-5-9;1-2(11,3(5,6)7)4(8,9)10;1-2(7)3(4,5)6/h4-7,13H,3,8H2,1-2H3;11H,1H3;2,7H,1H3. The molecule has 0 bridgehead atoms. The van der Waals surface area contributed by atoms with Gasteiger partial charge >= 0.3 is 18.5 Å². The van der Waals surface area contributed by atoms with E-state index in [1.165, 1.54) is 12.1 Å². The van der Waals surface area contributed by atoms with E-state index < -0.39 is 35.8 Å². The Morgan fingerprint density at radius 3 is 1.32 bits per heavy atom. The van der Waals surface area contributed by atoms with Crippen molar-refractivity contribution in [3.8, 4) is 0 Å². The van der Waals surface area contributed by atoms with E-state index in [4.69, 9.17) is 10.2 Å². The molecule has 0 amide bonds. The molecule has 2 atom stereocenters. The first-order valence-electron chi connectivity index (χ1n) is 8.55. The predicted octanol–water partition coefficient (Wildman–Crippen LogP) is 5.32. The van der Waals surface area contributed by atoms with Gasteiger partial charge in [-0.15, -0.1) is 0 Å². The van der Waals surface area contributed by atoms with Crippen molar-refractivity contribution in [2.75, 3.05) is 0 Å². The van der Waals surface area contributed by atoms with E-state index in [9.17, 15) is 49.0 Å². The average Bonchev–Trinajstić information content (AvgIpc) is 2.55. The van der Waals surface area contributed by atoms with Gasteiger partial charge < -0.3 is 15.3 Å². The Bertz CT molecular complexity index is 614. The summed E-state index contributed by atoms with van der Waals surface area (Å²) in [6.45, 7) is 4.06. The Morgan fingerprint density at radius 1 is 0.806 bits per heavy atom. The highest BCUT2D eigenvalue weighted by molar-refractivity contribution is 5.17. The molecule has 0 spiro atoms. The fraction of sp³-hybridized carbons (Fsp3) is 0.667. The van der Waals surface area contributed by atoms with Gasteiger partial charge in [-0.25, -0.2) is 4.39 Å². The van der Waals surface area contributed by atoms with Crippen LogP contribution >= 0.6 is 0 Å². The molecule has 184 valence electrons. The molecule has 1 aromatic rings. The predicted molar refractivity (Wildman–Crippen MR) is 91.5 cm³/mol. The van der Waals surface area contributed by atoms with Crippen LogP contribution in [0.15, 0.2) is 24.3 Å². The second-order valence-electron chi connectivity index (χ2n) is 6.94. The maximum absolute atomic E-state index is 12.5. The van der Waals surface area contributed by atoms with E-state index in [1.54, 1.807) is 19.1 Å². The minimum absolute atomic E-state index is 0.236. The molecule has 0 fully saturated rings. The summed E-state index contributed by atoms with van der Waals surface area (Å²) in [7, 11) is 0. The molecule has 0 radical (unpaired) electrons. The Morgan fingerprint density at radius 2 is 1.13 bits per heavy atom. The topological polar surface area (TPSA) is 60.7 Å². The number of alkyl halides is 9. The molecule has 0 aromatic heterocycles. The number of rotatable bonds is 3. The molecule has 1 rings (SSSR count). The highest BCUT2D eigenvalue weighted by Gasteiger charge is 2.67. The number of hydrogen-bond acceptors (Lipinski definition) is 3. The smallest absolute Gasteiger partial charge is 0.390 e. The Kier molecular flexibility index (Phi) is 11.5. The lowest BCUT2D eigenvalue weighted by Gasteiger charge is -2.28. The van der Waals surface area contributed by atoms with Gasteiger partial charge in [-0.3, -0.25) is 0 Å². The van der Waals surface area contributed by atoms with Crippen molar-refractivity contribution in [3.05, 3.63) is 35.6 Å². The summed E-state index contributed by atoms with van der Waals surface area (Å²) >= 11 is 0. The van der Waals surface area contributed by atoms with Crippen LogP contribution in [0.4, 0.5) is 43.9 Å². The Balaban J connectivity index is 0. The van der Waals surface area contributed by atoms with E-state index in [1.807, 2.05) is 6.92 Å². The van der Waals surface area contributed by atoms with Crippen LogP contribution in [0.5, 0.6) is 0 Å². The third-order valence-electron chi connectivity index (χ3n) is 3.84. The third-order valence-corrected chi connectivity index (χ3v) is 3.84. The van der Waals surface area contributed by atoms with Crippen molar-refractivity contribution < 1.29 is 59.2 Å². The molecule has 2 unspecified atom stereocenters. The molecule has 0 aliphatic carbocycles. The first-order chi connectivity index (χ1) is 13.5. The van der Waals surface area contributed by atoms with Gasteiger partial charge in [-0.1, -0.05) is 19.1 Å². The lowest BCUT2D eigenvalue weighted by Crippen LogP contribution is -2.54. The monoisotopic (exact) mass is 478 g/mol. The molecule has 13 heteroatoms. The van der Waals surface area contributed by atoms with Gasteiger partial charge in [-0.05, 0) is 44.9 Å². The van der Waals surface area contributed by atoms with E-state index in [-0.39, 0.29) is 12.7 Å². The molecule has 3 N–H and O–H groups in total. The van der Waals surface area contributed by atoms with Gasteiger partial charge in [0.2, 0.25) is 0 Å². The van der Waals surface area contributed by atoms with Gasteiger partial charge in [0.05, 0.1) is 5.60 Å². The van der Waals surface area contributed by atoms with Crippen LogP contribution in [0.3, 0.4) is 0 Å². The van der Waals surface area contributed by atoms with Crippen molar-refractivity contribution in [2.45, 2.75) is 76.4 Å². The van der Waals surface area contributed by atoms with Crippen molar-refractivity contribution in [1.82, 2.24) is 0 Å². The maximum atomic E-state index is 12.5. The van der Waals surface area contributed by atoms with Crippen molar-refractivity contribution >= 4 is 0 Å². The van der Waals surface area contributed by atoms with Crippen molar-refractivity contribution in [2.24, 2.45) is 0 Å². The molecule has 3 nitrogen and oxygen atoms in total. The zero-order chi connectivity index (χ0) is 25.5. The van der Waals surface area contributed by atoms with Crippen molar-refractivity contribution in [1.29, 1.82) is 0 Å². The third kappa shape index (κ3) is 12.1. The SMILES string of the molecule is CC(O)(C(F)(F)F)C(F)(F)F.CC(O)C(F)(F)F.CCC(C)(O)Cc1ccc(F)cc1. The van der Waals surface area contributed by atoms with E-state index in [0.717, 1.165) is 5.56 Å². The van der Waals surface area contributed by atoms with Crippen LogP contribution in [0.1, 0.15) is 39.7 Å². The summed E-state index contributed by atoms with van der Waals surface area (Å²) in [5.41, 5.74) is -4.34. The number of aliphatic hydroxyl groups is 3. The van der Waals surface area contributed by atoms with Gasteiger partial charge in [0, 0.05) is 6.42 Å². The van der Waals surface area contributed by atoms with Gasteiger partial charge in [0.1, 0.15) is 11.9 Å². The molecular formula is C18H24F10O3. The van der Waals surface area contributed by atoms with E-state index >= 15 is 0 Å². The molecule has 1 aromatic carbocycles. The zero-order valence-corrected chi connectivity index (χ0v) is 16.9. The molecule has 0 saturated carbocycles. The highest BCUT2D eigenvalue weighted by Crippen LogP contribution is 2.42. The van der Waals surface area contributed by atoms with Gasteiger partial charge in [0.15, 0.2) is 0 Å². The van der Waals surface area contributed by atoms with Gasteiger partial charge in [0.25, 0.3) is 5.60 Å². The van der Waals surface area contributed by atoms with E-state index in [2.05, 4.69) is 0 Å². The summed E-state index contributed by atoms with van der Waals surface area (Å²) in [5.74, 6) is -0.236. The summed E-state index contributed by atoms with van der Waals surface area (Å²) in [6, 6.07) is 6.25. The minimum Gasteiger partial charge on any atom is -0.390 e. The average molecular weight is 478 g/mol. The summed E-state index contributed by atoms with van der Waals surface area (Å²) in [4.78, 5) is 0. The minimum atomic E-state index is -5.69. The first kappa shape index (κ1) is 31.6. The summed E-state index contributed by atoms with van der Waals surface area (Å²) in [6.07, 6.45) is -16.8. The normalized spacial score (nSPS) is 15.6. The highest BCUT2D eigenvalue weighted by atomic mass is 19.4. The summed E-state index contributed by atoms with van der Waals surface area (Å²) < 4.78 is 113. The molecule has 0 heterocycles. The number of hydrogen-bond donors (Lipinski definition) is 3. The van der Waals surface area contributed by atoms with Crippen LogP contribution in [-0.2, 0) is 6.42 Å². The summed E-state index contributed by atoms with van der Waals surface area (Å²) in [5, 5.41) is 25.5. The Labute approximate surface area is 172 Å². The molecule has 0 aliphatic heterocycles. The number of benzene rings is 1.